The second kappa shape index (κ2) is 12.1. The number of hydrogen-bond acceptors (Lipinski definition) is 0. The van der Waals surface area contributed by atoms with Crippen molar-refractivity contribution in [2.24, 2.45) is 11.3 Å². The molecule has 0 N–H and O–H groups in total. The van der Waals surface area contributed by atoms with E-state index < -0.39 is 0 Å². The molecule has 0 aliphatic heterocycles. The van der Waals surface area contributed by atoms with E-state index in [9.17, 15) is 0 Å². The van der Waals surface area contributed by atoms with Gasteiger partial charge in [0.15, 0.2) is 0 Å². The predicted octanol–water partition coefficient (Wildman–Crippen LogP) is 4.43. The summed E-state index contributed by atoms with van der Waals surface area (Å²) >= 11 is 1.30. The van der Waals surface area contributed by atoms with Crippen LogP contribution in [0.4, 0.5) is 0 Å². The molecule has 0 radical (unpaired) electrons. The maximum atomic E-state index is 3.40. The van der Waals surface area contributed by atoms with Gasteiger partial charge in [0, 0.05) is 10.8 Å². The van der Waals surface area contributed by atoms with Crippen LogP contribution in [0.5, 0.6) is 0 Å². The molecule has 3 aliphatic carbocycles. The molecule has 0 nitrogen and oxygen atoms in total. The molecule has 0 amide bonds. The normalized spacial score (nSPS) is 19.5. The summed E-state index contributed by atoms with van der Waals surface area (Å²) in [5, 5.41) is 5.57. The van der Waals surface area contributed by atoms with E-state index in [0.29, 0.717) is 11.3 Å². The van der Waals surface area contributed by atoms with Crippen molar-refractivity contribution >= 4 is 36.9 Å². The van der Waals surface area contributed by atoms with Gasteiger partial charge in [0.25, 0.3) is 0 Å². The number of hydrogen-bond donors (Lipinski definition) is 0. The van der Waals surface area contributed by atoms with Crippen molar-refractivity contribution in [2.75, 3.05) is 0 Å². The molecule has 0 spiro atoms. The van der Waals surface area contributed by atoms with Crippen LogP contribution in [0.15, 0.2) is 59.7 Å². The van der Waals surface area contributed by atoms with Gasteiger partial charge < -0.3 is 24.8 Å². The molecule has 3 aromatic carbocycles. The molecule has 0 saturated carbocycles. The van der Waals surface area contributed by atoms with Crippen molar-refractivity contribution < 1.29 is 49.0 Å². The smallest absolute Gasteiger partial charge is 1.00 e. The van der Waals surface area contributed by atoms with E-state index in [4.69, 9.17) is 0 Å². The summed E-state index contributed by atoms with van der Waals surface area (Å²) < 4.78 is 3.34. The number of benzene rings is 2. The molecule has 1 atom stereocenters. The topological polar surface area (TPSA) is 0 Å². The Morgan fingerprint density at radius 1 is 0.775 bits per heavy atom. The standard InChI is InChI=1S/C25H25.C11H17.CH2.2ClH.Zr/c1-14-12-24(3,4)22-8-16-7-17-9-23-19(15(2)13-25(23,5)6)11-21(17)20(16)10-18(14)22;1-8-6-9(2)10(7-8)11(3,4)5;;;;/h7-13H,1-6H3;7-8H,1-5H3;1H2;2*1H;/q2*-1;;;;+2/p-2. The molecule has 6 rings (SSSR count). The van der Waals surface area contributed by atoms with Gasteiger partial charge in [0.2, 0.25) is 0 Å². The summed E-state index contributed by atoms with van der Waals surface area (Å²) in [6.07, 6.45) is 10.5. The molecule has 3 heteroatoms. The fourth-order valence-corrected chi connectivity index (χ4v) is 6.87. The molecular formula is C37H44Cl2Zr-2. The van der Waals surface area contributed by atoms with Crippen molar-refractivity contribution in [3.8, 4) is 0 Å². The van der Waals surface area contributed by atoms with Crippen molar-refractivity contribution in [3.05, 3.63) is 88.0 Å². The van der Waals surface area contributed by atoms with Crippen LogP contribution in [-0.2, 0) is 35.1 Å². The molecule has 0 bridgehead atoms. The average molecular weight is 651 g/mol. The van der Waals surface area contributed by atoms with Crippen LogP contribution in [0.1, 0.15) is 98.4 Å². The molecule has 0 saturated heterocycles. The van der Waals surface area contributed by atoms with E-state index in [0.717, 1.165) is 0 Å². The van der Waals surface area contributed by atoms with E-state index in [1.165, 1.54) is 90.3 Å². The van der Waals surface area contributed by atoms with Crippen LogP contribution < -0.4 is 24.8 Å². The van der Waals surface area contributed by atoms with Gasteiger partial charge in [0.1, 0.15) is 0 Å². The van der Waals surface area contributed by atoms with Crippen LogP contribution in [0.3, 0.4) is 0 Å². The van der Waals surface area contributed by atoms with Gasteiger partial charge in [-0.15, -0.1) is 39.7 Å². The second-order valence-electron chi connectivity index (χ2n) is 13.6. The predicted molar refractivity (Wildman–Crippen MR) is 167 cm³/mol. The van der Waals surface area contributed by atoms with Crippen LogP contribution in [0, 0.1) is 17.4 Å². The van der Waals surface area contributed by atoms with Gasteiger partial charge in [-0.3, -0.25) is 6.08 Å². The van der Waals surface area contributed by atoms with Crippen molar-refractivity contribution in [2.45, 2.75) is 87.0 Å². The van der Waals surface area contributed by atoms with Gasteiger partial charge in [-0.25, -0.2) is 5.57 Å². The van der Waals surface area contributed by atoms with Crippen molar-refractivity contribution in [1.82, 2.24) is 0 Å². The van der Waals surface area contributed by atoms with Crippen LogP contribution in [-0.4, -0.2) is 4.21 Å². The summed E-state index contributed by atoms with van der Waals surface area (Å²) in [6.45, 7) is 24.9. The Morgan fingerprint density at radius 3 is 1.48 bits per heavy atom. The zero-order valence-corrected chi connectivity index (χ0v) is 30.1. The monoisotopic (exact) mass is 648 g/mol. The van der Waals surface area contributed by atoms with E-state index in [-0.39, 0.29) is 35.6 Å². The summed E-state index contributed by atoms with van der Waals surface area (Å²) in [5.41, 5.74) is 12.0. The SMILES string of the molecule is CC1=CC(C)(C)c2cc3[cH-]c4cc5c(cc4c3cc21)C(C)=CC5(C)C.CC1=[C-]C(C)C=C1C(C)(C)C.[CH2]=[Zr+2].[Cl-].[Cl-]. The van der Waals surface area contributed by atoms with E-state index in [2.05, 4.69) is 135 Å². The molecule has 0 heterocycles. The minimum atomic E-state index is 0. The average Bonchev–Trinajstić information content (AvgIpc) is 3.48. The second-order valence-corrected chi connectivity index (χ2v) is 13.6. The van der Waals surface area contributed by atoms with Crippen LogP contribution in [0.25, 0.3) is 32.7 Å². The van der Waals surface area contributed by atoms with Crippen LogP contribution >= 0.6 is 0 Å². The summed E-state index contributed by atoms with van der Waals surface area (Å²) in [7, 11) is 0. The van der Waals surface area contributed by atoms with Crippen molar-refractivity contribution in [1.29, 1.82) is 0 Å². The van der Waals surface area contributed by atoms with Gasteiger partial charge in [-0.05, 0) is 36.1 Å². The maximum Gasteiger partial charge on any atom is -1.00 e. The Balaban J connectivity index is 0.000000320. The quantitative estimate of drug-likeness (QED) is 0.316. The third-order valence-corrected chi connectivity index (χ3v) is 8.45. The van der Waals surface area contributed by atoms with Crippen molar-refractivity contribution in [3.63, 3.8) is 0 Å². The number of halogens is 2. The Hall–Kier alpha value is -1.40. The zero-order valence-electron chi connectivity index (χ0n) is 26.2. The summed E-state index contributed by atoms with van der Waals surface area (Å²) in [6, 6.07) is 12.1. The molecule has 0 fully saturated rings. The van der Waals surface area contributed by atoms with Gasteiger partial charge in [0.05, 0.1) is 0 Å². The largest absolute Gasteiger partial charge is 1.00 e. The van der Waals surface area contributed by atoms with Gasteiger partial charge >= 0.3 is 28.4 Å². The Morgan fingerprint density at radius 2 is 1.18 bits per heavy atom. The first-order valence-corrected chi connectivity index (χ1v) is 15.6. The van der Waals surface area contributed by atoms with Crippen LogP contribution in [0.2, 0.25) is 0 Å². The molecule has 212 valence electrons. The fourth-order valence-electron chi connectivity index (χ4n) is 6.87. The summed E-state index contributed by atoms with van der Waals surface area (Å²) in [4.78, 5) is 0. The molecule has 3 aliphatic rings. The van der Waals surface area contributed by atoms with E-state index >= 15 is 0 Å². The van der Waals surface area contributed by atoms with E-state index in [1.54, 1.807) is 0 Å². The maximum absolute atomic E-state index is 3.40. The third kappa shape index (κ3) is 6.19. The Kier molecular flexibility index (Phi) is 10.5. The number of allylic oxidation sites excluding steroid dienone is 8. The molecule has 0 aromatic heterocycles. The minimum Gasteiger partial charge on any atom is -1.00 e. The number of rotatable bonds is 0. The molecule has 1 unspecified atom stereocenters. The fraction of sp³-hybridized carbons (Fsp3) is 0.405. The first-order valence-electron chi connectivity index (χ1n) is 13.9. The zero-order chi connectivity index (χ0) is 28.4. The van der Waals surface area contributed by atoms with Gasteiger partial charge in [-0.2, -0.15) is 11.6 Å². The summed E-state index contributed by atoms with van der Waals surface area (Å²) in [5.74, 6) is 0.518. The van der Waals surface area contributed by atoms with E-state index in [1.807, 2.05) is 0 Å². The Labute approximate surface area is 270 Å². The third-order valence-electron chi connectivity index (χ3n) is 8.45. The number of fused-ring (bicyclic) bond motifs is 5. The van der Waals surface area contributed by atoms with Gasteiger partial charge in [-0.1, -0.05) is 109 Å². The first-order chi connectivity index (χ1) is 17.6. The molecular weight excluding hydrogens is 607 g/mol. The Bertz CT molecular complexity index is 1470. The molecule has 3 aromatic rings. The first kappa shape index (κ1) is 34.8. The molecule has 40 heavy (non-hydrogen) atoms. The minimum absolute atomic E-state index is 0.